The van der Waals surface area contributed by atoms with Crippen molar-refractivity contribution in [3.05, 3.63) is 17.5 Å². The number of sulfonamides is 1. The van der Waals surface area contributed by atoms with E-state index in [4.69, 9.17) is 17.2 Å². The summed E-state index contributed by atoms with van der Waals surface area (Å²) in [6, 6.07) is 0.508. The van der Waals surface area contributed by atoms with Crippen LogP contribution in [0.5, 0.6) is 0 Å². The number of thiocarbonyl (C=S) groups is 1. The van der Waals surface area contributed by atoms with Crippen molar-refractivity contribution in [1.82, 2.24) is 19.6 Å². The Balaban J connectivity index is 1.29. The molecule has 0 atom stereocenters. The molecule has 1 N–H and O–H groups in total. The van der Waals surface area contributed by atoms with E-state index in [1.54, 1.807) is 0 Å². The standard InChI is InChI=1S/C23H35N5O2S2/c1-3-4-20-19(14-24-23(25-20)27-5-7-28(8-6-27)32(2,29)30)22(31)26-21-17-10-15-9-16(12-17)13-18(21)11-15/h14-18,21H,3-13H2,1-2H3,(H,26,31). The van der Waals surface area contributed by atoms with Gasteiger partial charge in [0.25, 0.3) is 0 Å². The topological polar surface area (TPSA) is 78.4 Å². The van der Waals surface area contributed by atoms with E-state index in [-0.39, 0.29) is 0 Å². The summed E-state index contributed by atoms with van der Waals surface area (Å²) in [7, 11) is -3.15. The van der Waals surface area contributed by atoms with Crippen LogP contribution in [-0.2, 0) is 16.4 Å². The average molecular weight is 478 g/mol. The Bertz CT molecular complexity index is 947. The molecule has 0 radical (unpaired) electrons. The summed E-state index contributed by atoms with van der Waals surface area (Å²) < 4.78 is 25.1. The Kier molecular flexibility index (Phi) is 6.18. The molecule has 0 aromatic carbocycles. The third-order valence-electron chi connectivity index (χ3n) is 8.10. The van der Waals surface area contributed by atoms with Crippen LogP contribution in [0.4, 0.5) is 5.95 Å². The number of hydrogen-bond donors (Lipinski definition) is 1. The number of rotatable bonds is 6. The predicted molar refractivity (Wildman–Crippen MR) is 130 cm³/mol. The lowest BCUT2D eigenvalue weighted by atomic mass is 9.54. The van der Waals surface area contributed by atoms with E-state index in [1.165, 1.54) is 42.7 Å². The lowest BCUT2D eigenvalue weighted by molar-refractivity contribution is -0.00660. The monoisotopic (exact) mass is 477 g/mol. The van der Waals surface area contributed by atoms with Crippen molar-refractivity contribution < 1.29 is 8.42 Å². The van der Waals surface area contributed by atoms with Crippen LogP contribution in [0, 0.1) is 23.7 Å². The van der Waals surface area contributed by atoms with E-state index >= 15 is 0 Å². The summed E-state index contributed by atoms with van der Waals surface area (Å²) >= 11 is 5.90. The lowest BCUT2D eigenvalue weighted by Gasteiger charge is -2.54. The molecule has 4 bridgehead atoms. The molecule has 4 aliphatic carbocycles. The SMILES string of the molecule is CCCc1nc(N2CCN(S(C)(=O)=O)CC2)ncc1C(=S)NC1C2CC3CC(C2)CC1C3. The summed E-state index contributed by atoms with van der Waals surface area (Å²) in [6.45, 7) is 4.31. The second-order valence-electron chi connectivity index (χ2n) is 10.4. The molecule has 32 heavy (non-hydrogen) atoms. The third kappa shape index (κ3) is 4.40. The highest BCUT2D eigenvalue weighted by Gasteiger charge is 2.48. The van der Waals surface area contributed by atoms with Crippen molar-refractivity contribution in [2.45, 2.75) is 57.9 Å². The fourth-order valence-corrected chi connectivity index (χ4v) is 7.92. The van der Waals surface area contributed by atoms with Crippen LogP contribution in [0.2, 0.25) is 0 Å². The number of hydrogen-bond acceptors (Lipinski definition) is 6. The van der Waals surface area contributed by atoms with Crippen LogP contribution in [0.1, 0.15) is 56.7 Å². The van der Waals surface area contributed by atoms with Crippen molar-refractivity contribution in [1.29, 1.82) is 0 Å². The molecule has 0 amide bonds. The van der Waals surface area contributed by atoms with E-state index < -0.39 is 10.0 Å². The number of aromatic nitrogens is 2. The number of anilines is 1. The highest BCUT2D eigenvalue weighted by molar-refractivity contribution is 7.88. The summed E-state index contributed by atoms with van der Waals surface area (Å²) in [4.78, 5) is 12.4. The molecule has 1 saturated heterocycles. The van der Waals surface area contributed by atoms with Crippen molar-refractivity contribution in [3.63, 3.8) is 0 Å². The van der Waals surface area contributed by atoms with Crippen LogP contribution in [-0.4, -0.2) is 66.2 Å². The Hall–Kier alpha value is -1.32. The van der Waals surface area contributed by atoms with Crippen molar-refractivity contribution in [2.24, 2.45) is 23.7 Å². The Morgan fingerprint density at radius 3 is 2.28 bits per heavy atom. The molecule has 1 aromatic rings. The smallest absolute Gasteiger partial charge is 0.225 e. The zero-order valence-corrected chi connectivity index (χ0v) is 20.8. The van der Waals surface area contributed by atoms with E-state index in [1.807, 2.05) is 6.20 Å². The molecule has 7 nitrogen and oxygen atoms in total. The number of aryl methyl sites for hydroxylation is 1. The van der Waals surface area contributed by atoms with Crippen LogP contribution in [0.15, 0.2) is 6.20 Å². The second kappa shape index (κ2) is 8.80. The van der Waals surface area contributed by atoms with Gasteiger partial charge in [0.2, 0.25) is 16.0 Å². The zero-order valence-electron chi connectivity index (χ0n) is 19.2. The highest BCUT2D eigenvalue weighted by atomic mass is 32.2. The summed E-state index contributed by atoms with van der Waals surface area (Å²) in [6.07, 6.45) is 11.9. The molecule has 2 heterocycles. The molecule has 0 unspecified atom stereocenters. The second-order valence-corrected chi connectivity index (χ2v) is 12.8. The van der Waals surface area contributed by atoms with Crippen molar-refractivity contribution in [3.8, 4) is 0 Å². The predicted octanol–water partition coefficient (Wildman–Crippen LogP) is 2.60. The van der Waals surface area contributed by atoms with Gasteiger partial charge in [0.15, 0.2) is 0 Å². The largest absolute Gasteiger partial charge is 0.372 e. The molecule has 5 aliphatic rings. The minimum absolute atomic E-state index is 0.472. The minimum atomic E-state index is -3.15. The summed E-state index contributed by atoms with van der Waals surface area (Å²) in [5.41, 5.74) is 1.97. The molecule has 0 spiro atoms. The van der Waals surface area contributed by atoms with Crippen LogP contribution in [0.25, 0.3) is 0 Å². The van der Waals surface area contributed by atoms with Gasteiger partial charge in [0.1, 0.15) is 4.99 Å². The molecule has 176 valence electrons. The Morgan fingerprint density at radius 1 is 1.09 bits per heavy atom. The highest BCUT2D eigenvalue weighted by Crippen LogP contribution is 2.53. The van der Waals surface area contributed by atoms with Gasteiger partial charge in [0, 0.05) is 44.0 Å². The van der Waals surface area contributed by atoms with E-state index in [2.05, 4.69) is 22.1 Å². The van der Waals surface area contributed by atoms with Crippen LogP contribution in [0.3, 0.4) is 0 Å². The third-order valence-corrected chi connectivity index (χ3v) is 9.74. The van der Waals surface area contributed by atoms with Gasteiger partial charge in [-0.2, -0.15) is 4.31 Å². The van der Waals surface area contributed by atoms with Crippen LogP contribution < -0.4 is 10.2 Å². The fourth-order valence-electron chi connectivity index (χ4n) is 6.79. The molecule has 6 rings (SSSR count). The maximum absolute atomic E-state index is 11.8. The maximum atomic E-state index is 11.8. The van der Waals surface area contributed by atoms with Crippen molar-refractivity contribution in [2.75, 3.05) is 37.3 Å². The first kappa shape index (κ1) is 22.5. The first-order valence-electron chi connectivity index (χ1n) is 12.2. The zero-order chi connectivity index (χ0) is 22.5. The van der Waals surface area contributed by atoms with Gasteiger partial charge in [-0.1, -0.05) is 25.6 Å². The van der Waals surface area contributed by atoms with Crippen LogP contribution >= 0.6 is 12.2 Å². The van der Waals surface area contributed by atoms with E-state index in [0.717, 1.165) is 52.8 Å². The summed E-state index contributed by atoms with van der Waals surface area (Å²) in [5, 5.41) is 3.76. The molecule has 1 aromatic heterocycles. The van der Waals surface area contributed by atoms with Gasteiger partial charge in [-0.25, -0.2) is 18.4 Å². The van der Waals surface area contributed by atoms with Crippen molar-refractivity contribution >= 4 is 33.2 Å². The quantitative estimate of drug-likeness (QED) is 0.631. The van der Waals surface area contributed by atoms with E-state index in [0.29, 0.717) is 38.2 Å². The lowest BCUT2D eigenvalue weighted by Crippen LogP contribution is -2.55. The Labute approximate surface area is 197 Å². The first-order valence-corrected chi connectivity index (χ1v) is 14.4. The van der Waals surface area contributed by atoms with Gasteiger partial charge >= 0.3 is 0 Å². The molecular weight excluding hydrogens is 442 g/mol. The van der Waals surface area contributed by atoms with Gasteiger partial charge in [-0.3, -0.25) is 0 Å². The molecule has 1 aliphatic heterocycles. The average Bonchev–Trinajstić information content (AvgIpc) is 2.75. The van der Waals surface area contributed by atoms with Gasteiger partial charge in [-0.15, -0.1) is 0 Å². The molecule has 9 heteroatoms. The Morgan fingerprint density at radius 2 is 1.72 bits per heavy atom. The number of nitrogens with zero attached hydrogens (tertiary/aromatic N) is 4. The van der Waals surface area contributed by atoms with Gasteiger partial charge in [0.05, 0.1) is 11.9 Å². The summed E-state index contributed by atoms with van der Waals surface area (Å²) in [5.74, 6) is 4.12. The maximum Gasteiger partial charge on any atom is 0.225 e. The normalized spacial score (nSPS) is 32.3. The minimum Gasteiger partial charge on any atom is -0.372 e. The molecule has 5 fully saturated rings. The van der Waals surface area contributed by atoms with Gasteiger partial charge in [-0.05, 0) is 62.2 Å². The van der Waals surface area contributed by atoms with E-state index in [9.17, 15) is 8.42 Å². The first-order chi connectivity index (χ1) is 15.3. The molecular formula is C23H35N5O2S2. The number of piperazine rings is 1. The van der Waals surface area contributed by atoms with Gasteiger partial charge < -0.3 is 10.2 Å². The fraction of sp³-hybridized carbons (Fsp3) is 0.783. The number of nitrogens with one attached hydrogen (secondary N) is 1. The molecule has 4 saturated carbocycles.